The van der Waals surface area contributed by atoms with Crippen LogP contribution in [-0.2, 0) is 0 Å². The standard InChI is InChI=1S/C15H20F2O/c1-9-6-7-11(16)12(13(9)17)14(18)10-5-4-8-15(10,2)3/h6-7,10,14,18H,4-5,8H2,1-3H3. The largest absolute Gasteiger partial charge is 0.388 e. The van der Waals surface area contributed by atoms with E-state index in [1.807, 2.05) is 0 Å². The van der Waals surface area contributed by atoms with Crippen molar-refractivity contribution in [3.8, 4) is 0 Å². The van der Waals surface area contributed by atoms with Crippen LogP contribution in [0.4, 0.5) is 8.78 Å². The van der Waals surface area contributed by atoms with Crippen molar-refractivity contribution in [3.05, 3.63) is 34.9 Å². The fourth-order valence-electron chi connectivity index (χ4n) is 3.09. The summed E-state index contributed by atoms with van der Waals surface area (Å²) in [6.07, 6.45) is 1.76. The summed E-state index contributed by atoms with van der Waals surface area (Å²) in [5.74, 6) is -1.33. The highest BCUT2D eigenvalue weighted by molar-refractivity contribution is 5.29. The van der Waals surface area contributed by atoms with Crippen molar-refractivity contribution in [1.82, 2.24) is 0 Å². The Labute approximate surface area is 107 Å². The summed E-state index contributed by atoms with van der Waals surface area (Å²) < 4.78 is 27.8. The molecule has 0 bridgehead atoms. The van der Waals surface area contributed by atoms with Crippen molar-refractivity contribution < 1.29 is 13.9 Å². The molecule has 18 heavy (non-hydrogen) atoms. The average Bonchev–Trinajstić information content (AvgIpc) is 2.64. The van der Waals surface area contributed by atoms with Crippen LogP contribution in [0.2, 0.25) is 0 Å². The number of hydrogen-bond acceptors (Lipinski definition) is 1. The van der Waals surface area contributed by atoms with Crippen molar-refractivity contribution in [3.63, 3.8) is 0 Å². The Balaban J connectivity index is 2.40. The zero-order chi connectivity index (χ0) is 13.5. The summed E-state index contributed by atoms with van der Waals surface area (Å²) in [6.45, 7) is 5.70. The van der Waals surface area contributed by atoms with Crippen LogP contribution in [-0.4, -0.2) is 5.11 Å². The monoisotopic (exact) mass is 254 g/mol. The molecule has 0 aliphatic heterocycles. The molecular formula is C15H20F2O. The van der Waals surface area contributed by atoms with Crippen molar-refractivity contribution in [2.24, 2.45) is 11.3 Å². The molecular weight excluding hydrogens is 234 g/mol. The van der Waals surface area contributed by atoms with Crippen LogP contribution < -0.4 is 0 Å². The molecule has 1 aromatic carbocycles. The predicted molar refractivity (Wildman–Crippen MR) is 67.2 cm³/mol. The van der Waals surface area contributed by atoms with Gasteiger partial charge in [0, 0.05) is 0 Å². The fraction of sp³-hybridized carbons (Fsp3) is 0.600. The van der Waals surface area contributed by atoms with Crippen LogP contribution in [0.3, 0.4) is 0 Å². The number of benzene rings is 1. The maximum Gasteiger partial charge on any atom is 0.134 e. The van der Waals surface area contributed by atoms with Gasteiger partial charge in [-0.2, -0.15) is 0 Å². The lowest BCUT2D eigenvalue weighted by Gasteiger charge is -2.31. The van der Waals surface area contributed by atoms with Crippen molar-refractivity contribution in [2.45, 2.75) is 46.1 Å². The van der Waals surface area contributed by atoms with Crippen molar-refractivity contribution in [1.29, 1.82) is 0 Å². The molecule has 0 amide bonds. The smallest absolute Gasteiger partial charge is 0.134 e. The third-order valence-corrected chi connectivity index (χ3v) is 4.34. The van der Waals surface area contributed by atoms with E-state index >= 15 is 0 Å². The minimum absolute atomic E-state index is 0.0674. The maximum absolute atomic E-state index is 14.0. The number of aliphatic hydroxyl groups excluding tert-OH is 1. The van der Waals surface area contributed by atoms with E-state index in [1.165, 1.54) is 12.1 Å². The lowest BCUT2D eigenvalue weighted by Crippen LogP contribution is -2.25. The molecule has 0 heterocycles. The third kappa shape index (κ3) is 2.16. The lowest BCUT2D eigenvalue weighted by atomic mass is 9.76. The molecule has 3 heteroatoms. The highest BCUT2D eigenvalue weighted by Crippen LogP contribution is 2.49. The number of hydrogen-bond donors (Lipinski definition) is 1. The van der Waals surface area contributed by atoms with E-state index < -0.39 is 17.7 Å². The Bertz CT molecular complexity index is 454. The Morgan fingerprint density at radius 1 is 1.33 bits per heavy atom. The molecule has 0 saturated heterocycles. The van der Waals surface area contributed by atoms with Gasteiger partial charge < -0.3 is 5.11 Å². The van der Waals surface area contributed by atoms with Gasteiger partial charge in [0.25, 0.3) is 0 Å². The zero-order valence-electron chi connectivity index (χ0n) is 11.1. The predicted octanol–water partition coefficient (Wildman–Crippen LogP) is 4.13. The molecule has 2 rings (SSSR count). The van der Waals surface area contributed by atoms with Crippen LogP contribution in [0.25, 0.3) is 0 Å². The van der Waals surface area contributed by atoms with Gasteiger partial charge in [-0.15, -0.1) is 0 Å². The summed E-state index contributed by atoms with van der Waals surface area (Å²) in [5.41, 5.74) is 0.151. The number of aliphatic hydroxyl groups is 1. The molecule has 1 aromatic rings. The van der Waals surface area contributed by atoms with Gasteiger partial charge in [-0.05, 0) is 42.7 Å². The first-order chi connectivity index (χ1) is 8.34. The lowest BCUT2D eigenvalue weighted by molar-refractivity contribution is 0.0475. The van der Waals surface area contributed by atoms with Gasteiger partial charge in [0.2, 0.25) is 0 Å². The minimum Gasteiger partial charge on any atom is -0.388 e. The Morgan fingerprint density at radius 3 is 2.56 bits per heavy atom. The second-order valence-electron chi connectivity index (χ2n) is 6.02. The van der Waals surface area contributed by atoms with Gasteiger partial charge in [0.05, 0.1) is 11.7 Å². The van der Waals surface area contributed by atoms with Crippen molar-refractivity contribution >= 4 is 0 Å². The summed E-state index contributed by atoms with van der Waals surface area (Å²) in [6, 6.07) is 2.64. The normalized spacial score (nSPS) is 24.2. The summed E-state index contributed by atoms with van der Waals surface area (Å²) in [7, 11) is 0. The van der Waals surface area contributed by atoms with Gasteiger partial charge in [-0.1, -0.05) is 26.3 Å². The van der Waals surface area contributed by atoms with Crippen LogP contribution in [0, 0.1) is 29.9 Å². The molecule has 2 atom stereocenters. The van der Waals surface area contributed by atoms with E-state index in [1.54, 1.807) is 6.92 Å². The molecule has 1 saturated carbocycles. The number of rotatable bonds is 2. The quantitative estimate of drug-likeness (QED) is 0.841. The van der Waals surface area contributed by atoms with Gasteiger partial charge in [0.1, 0.15) is 11.6 Å². The SMILES string of the molecule is Cc1ccc(F)c(C(O)C2CCCC2(C)C)c1F. The summed E-state index contributed by atoms with van der Waals surface area (Å²) in [4.78, 5) is 0. The molecule has 1 fully saturated rings. The van der Waals surface area contributed by atoms with E-state index in [-0.39, 0.29) is 16.9 Å². The van der Waals surface area contributed by atoms with E-state index in [2.05, 4.69) is 13.8 Å². The van der Waals surface area contributed by atoms with Crippen molar-refractivity contribution in [2.75, 3.05) is 0 Å². The topological polar surface area (TPSA) is 20.2 Å². The first kappa shape index (κ1) is 13.5. The maximum atomic E-state index is 14.0. The molecule has 100 valence electrons. The van der Waals surface area contributed by atoms with Crippen LogP contribution in [0.5, 0.6) is 0 Å². The van der Waals surface area contributed by atoms with E-state index in [9.17, 15) is 13.9 Å². The fourth-order valence-corrected chi connectivity index (χ4v) is 3.09. The molecule has 2 unspecified atom stereocenters. The van der Waals surface area contributed by atoms with Crippen LogP contribution in [0.1, 0.15) is 50.3 Å². The van der Waals surface area contributed by atoms with Crippen LogP contribution in [0.15, 0.2) is 12.1 Å². The molecule has 1 N–H and O–H groups in total. The Hall–Kier alpha value is -0.960. The second-order valence-corrected chi connectivity index (χ2v) is 6.02. The van der Waals surface area contributed by atoms with E-state index in [0.29, 0.717) is 5.56 Å². The molecule has 1 aliphatic carbocycles. The first-order valence-electron chi connectivity index (χ1n) is 6.47. The molecule has 1 nitrogen and oxygen atoms in total. The highest BCUT2D eigenvalue weighted by Gasteiger charge is 2.41. The van der Waals surface area contributed by atoms with Crippen LogP contribution >= 0.6 is 0 Å². The van der Waals surface area contributed by atoms with Gasteiger partial charge in [-0.3, -0.25) is 0 Å². The van der Waals surface area contributed by atoms with E-state index in [4.69, 9.17) is 0 Å². The third-order valence-electron chi connectivity index (χ3n) is 4.34. The van der Waals surface area contributed by atoms with Gasteiger partial charge in [0.15, 0.2) is 0 Å². The molecule has 0 aromatic heterocycles. The average molecular weight is 254 g/mol. The number of aryl methyl sites for hydroxylation is 1. The summed E-state index contributed by atoms with van der Waals surface area (Å²) in [5, 5.41) is 10.4. The molecule has 1 aliphatic rings. The minimum atomic E-state index is -1.05. The van der Waals surface area contributed by atoms with Gasteiger partial charge >= 0.3 is 0 Å². The highest BCUT2D eigenvalue weighted by atomic mass is 19.1. The van der Waals surface area contributed by atoms with Gasteiger partial charge in [-0.25, -0.2) is 8.78 Å². The second kappa shape index (κ2) is 4.61. The summed E-state index contributed by atoms with van der Waals surface area (Å²) >= 11 is 0. The van der Waals surface area contributed by atoms with E-state index in [0.717, 1.165) is 19.3 Å². The first-order valence-corrected chi connectivity index (χ1v) is 6.47. The Morgan fingerprint density at radius 2 is 2.00 bits per heavy atom. The number of halogens is 2. The Kier molecular flexibility index (Phi) is 3.45. The zero-order valence-corrected chi connectivity index (χ0v) is 11.1. The molecule has 0 spiro atoms. The molecule has 0 radical (unpaired) electrons.